The van der Waals surface area contributed by atoms with Crippen molar-refractivity contribution in [2.45, 2.75) is 13.3 Å². The third-order valence-corrected chi connectivity index (χ3v) is 2.97. The molecule has 0 spiro atoms. The topological polar surface area (TPSA) is 125 Å². The molecule has 0 saturated heterocycles. The van der Waals surface area contributed by atoms with Crippen LogP contribution in [-0.4, -0.2) is 62.0 Å². The fraction of sp³-hybridized carbons (Fsp3) is 0.400. The number of aliphatic hydroxyl groups is 1. The highest BCUT2D eigenvalue weighted by Gasteiger charge is 2.37. The van der Waals surface area contributed by atoms with Gasteiger partial charge in [-0.3, -0.25) is 0 Å². The number of aliphatic hydroxyl groups excluding tert-OH is 1. The van der Waals surface area contributed by atoms with Gasteiger partial charge in [0.15, 0.2) is 0 Å². The monoisotopic (exact) mass is 412 g/mol. The van der Waals surface area contributed by atoms with Gasteiger partial charge in [0.2, 0.25) is 0 Å². The zero-order valence-corrected chi connectivity index (χ0v) is 16.6. The van der Waals surface area contributed by atoms with E-state index in [1.807, 2.05) is 6.92 Å². The molecule has 0 fully saturated rings. The summed E-state index contributed by atoms with van der Waals surface area (Å²) in [4.78, 5) is 45.3. The Hall–Kier alpha value is -3.20. The summed E-state index contributed by atoms with van der Waals surface area (Å²) in [5.41, 5.74) is -1.34. The van der Waals surface area contributed by atoms with Crippen LogP contribution in [0.2, 0.25) is 0 Å². The Morgan fingerprint density at radius 2 is 0.897 bits per heavy atom. The van der Waals surface area contributed by atoms with Gasteiger partial charge >= 0.3 is 23.9 Å². The Balaban J connectivity index is 0. The van der Waals surface area contributed by atoms with Crippen molar-refractivity contribution in [1.29, 1.82) is 0 Å². The summed E-state index contributed by atoms with van der Waals surface area (Å²) in [5, 5.41) is 7.88. The van der Waals surface area contributed by atoms with Crippen molar-refractivity contribution in [3.8, 4) is 0 Å². The highest BCUT2D eigenvalue weighted by Crippen LogP contribution is 2.21. The smallest absolute Gasteiger partial charge is 0.330 e. The van der Waals surface area contributed by atoms with Gasteiger partial charge in [-0.2, -0.15) is 0 Å². The van der Waals surface area contributed by atoms with Crippen molar-refractivity contribution in [3.05, 3.63) is 50.6 Å². The number of hydrogen-bond donors (Lipinski definition) is 1. The number of carbonyl (C=O) groups excluding carboxylic acids is 4. The molecule has 0 aromatic carbocycles. The Morgan fingerprint density at radius 1 is 0.690 bits per heavy atom. The quantitative estimate of drug-likeness (QED) is 0.270. The first-order valence-electron chi connectivity index (χ1n) is 8.51. The third-order valence-electron chi connectivity index (χ3n) is 2.97. The van der Waals surface area contributed by atoms with Crippen molar-refractivity contribution in [3.63, 3.8) is 0 Å². The van der Waals surface area contributed by atoms with Crippen LogP contribution in [0.3, 0.4) is 0 Å². The van der Waals surface area contributed by atoms with Gasteiger partial charge < -0.3 is 24.1 Å². The first kappa shape index (κ1) is 28.0. The molecule has 0 aromatic rings. The van der Waals surface area contributed by atoms with Crippen molar-refractivity contribution in [1.82, 2.24) is 0 Å². The molecule has 0 aromatic heterocycles. The van der Waals surface area contributed by atoms with Crippen LogP contribution in [0.1, 0.15) is 13.3 Å². The van der Waals surface area contributed by atoms with E-state index in [1.54, 1.807) is 0 Å². The molecule has 29 heavy (non-hydrogen) atoms. The van der Waals surface area contributed by atoms with Crippen LogP contribution in [-0.2, 0) is 38.1 Å². The van der Waals surface area contributed by atoms with Gasteiger partial charge in [-0.05, 0) is 6.42 Å². The maximum absolute atomic E-state index is 11.3. The standard InChI is InChI=1S/C17H20O8.C3H8O/c1-5-13(18)22-9-17(10-23-14(19)6-2,11-24-15(20)7-3)12-25-16(21)8-4;1-2-3-4/h5-8H,1-4,9-12H2;4H,2-3H2,1H3. The predicted molar refractivity (Wildman–Crippen MR) is 104 cm³/mol. The molecule has 0 unspecified atom stereocenters. The second-order valence-electron chi connectivity index (χ2n) is 5.47. The van der Waals surface area contributed by atoms with Gasteiger partial charge in [0, 0.05) is 30.9 Å². The molecule has 0 atom stereocenters. The van der Waals surface area contributed by atoms with Gasteiger partial charge in [-0.1, -0.05) is 33.2 Å². The minimum atomic E-state index is -1.34. The molecule has 0 radical (unpaired) electrons. The summed E-state index contributed by atoms with van der Waals surface area (Å²) in [6, 6.07) is 0. The van der Waals surface area contributed by atoms with E-state index >= 15 is 0 Å². The molecule has 9 heteroatoms. The lowest BCUT2D eigenvalue weighted by Gasteiger charge is -2.31. The molecule has 0 saturated carbocycles. The van der Waals surface area contributed by atoms with Crippen LogP contribution < -0.4 is 0 Å². The average Bonchev–Trinajstić information content (AvgIpc) is 2.76. The van der Waals surface area contributed by atoms with Gasteiger partial charge in [0.1, 0.15) is 31.8 Å². The van der Waals surface area contributed by atoms with Crippen LogP contribution in [0, 0.1) is 5.41 Å². The van der Waals surface area contributed by atoms with Crippen molar-refractivity contribution >= 4 is 23.9 Å². The summed E-state index contributed by atoms with van der Waals surface area (Å²) in [6.07, 6.45) is 4.57. The molecule has 0 rings (SSSR count). The molecule has 0 aliphatic rings. The van der Waals surface area contributed by atoms with Gasteiger partial charge in [0.05, 0.1) is 0 Å². The highest BCUT2D eigenvalue weighted by molar-refractivity contribution is 5.82. The van der Waals surface area contributed by atoms with Crippen LogP contribution in [0.15, 0.2) is 50.6 Å². The molecular formula is C20H28O9. The summed E-state index contributed by atoms with van der Waals surface area (Å²) in [5.74, 6) is -3.04. The first-order chi connectivity index (χ1) is 13.7. The Bertz CT molecular complexity index is 489. The van der Waals surface area contributed by atoms with E-state index in [0.717, 1.165) is 30.7 Å². The molecule has 0 amide bonds. The van der Waals surface area contributed by atoms with E-state index in [-0.39, 0.29) is 26.4 Å². The SMILES string of the molecule is C=CC(=O)OCC(COC(=O)C=C)(COC(=O)C=C)COC(=O)C=C.CCCO. The lowest BCUT2D eigenvalue weighted by Crippen LogP contribution is -2.43. The minimum absolute atomic E-state index is 0.319. The average molecular weight is 412 g/mol. The number of rotatable bonds is 13. The van der Waals surface area contributed by atoms with Crippen molar-refractivity contribution in [2.75, 3.05) is 33.0 Å². The molecule has 0 aliphatic carbocycles. The van der Waals surface area contributed by atoms with Gasteiger partial charge in [-0.15, -0.1) is 0 Å². The second-order valence-corrected chi connectivity index (χ2v) is 5.47. The summed E-state index contributed by atoms with van der Waals surface area (Å²) in [7, 11) is 0. The number of hydrogen-bond acceptors (Lipinski definition) is 9. The molecule has 162 valence electrons. The molecule has 1 N–H and O–H groups in total. The maximum atomic E-state index is 11.3. The Kier molecular flexibility index (Phi) is 16.4. The fourth-order valence-electron chi connectivity index (χ4n) is 1.38. The van der Waals surface area contributed by atoms with Gasteiger partial charge in [-0.25, -0.2) is 19.2 Å². The lowest BCUT2D eigenvalue weighted by atomic mass is 9.92. The van der Waals surface area contributed by atoms with E-state index in [9.17, 15) is 19.2 Å². The van der Waals surface area contributed by atoms with E-state index in [0.29, 0.717) is 6.61 Å². The lowest BCUT2D eigenvalue weighted by molar-refractivity contribution is -0.164. The van der Waals surface area contributed by atoms with Crippen molar-refractivity contribution < 1.29 is 43.2 Å². The molecule has 9 nitrogen and oxygen atoms in total. The van der Waals surface area contributed by atoms with E-state index in [1.165, 1.54) is 0 Å². The number of esters is 4. The highest BCUT2D eigenvalue weighted by atomic mass is 16.6. The van der Waals surface area contributed by atoms with Crippen LogP contribution in [0.5, 0.6) is 0 Å². The van der Waals surface area contributed by atoms with Crippen molar-refractivity contribution in [2.24, 2.45) is 5.41 Å². The summed E-state index contributed by atoms with van der Waals surface area (Å²) < 4.78 is 19.8. The summed E-state index contributed by atoms with van der Waals surface area (Å²) >= 11 is 0. The largest absolute Gasteiger partial charge is 0.462 e. The zero-order valence-electron chi connectivity index (χ0n) is 16.6. The first-order valence-corrected chi connectivity index (χ1v) is 8.51. The number of carbonyl (C=O) groups is 4. The predicted octanol–water partition coefficient (Wildman–Crippen LogP) is 1.28. The third kappa shape index (κ3) is 14.5. The minimum Gasteiger partial charge on any atom is -0.462 e. The fourth-order valence-corrected chi connectivity index (χ4v) is 1.38. The maximum Gasteiger partial charge on any atom is 0.330 e. The van der Waals surface area contributed by atoms with Gasteiger partial charge in [0.25, 0.3) is 0 Å². The number of ether oxygens (including phenoxy) is 4. The Labute approximate surface area is 170 Å². The van der Waals surface area contributed by atoms with E-state index in [2.05, 4.69) is 26.3 Å². The molecular weight excluding hydrogens is 384 g/mol. The van der Waals surface area contributed by atoms with E-state index in [4.69, 9.17) is 24.1 Å². The molecule has 0 heterocycles. The normalized spacial score (nSPS) is 9.59. The summed E-state index contributed by atoms with van der Waals surface area (Å²) in [6.45, 7) is 13.8. The van der Waals surface area contributed by atoms with Crippen LogP contribution >= 0.6 is 0 Å². The van der Waals surface area contributed by atoms with Crippen LogP contribution in [0.4, 0.5) is 0 Å². The van der Waals surface area contributed by atoms with Crippen LogP contribution in [0.25, 0.3) is 0 Å². The van der Waals surface area contributed by atoms with E-state index < -0.39 is 29.3 Å². The Morgan fingerprint density at radius 3 is 1.03 bits per heavy atom. The molecule has 0 bridgehead atoms. The zero-order chi connectivity index (χ0) is 22.7. The molecule has 0 aliphatic heterocycles. The second kappa shape index (κ2) is 16.9.